The summed E-state index contributed by atoms with van der Waals surface area (Å²) in [7, 11) is 0. The van der Waals surface area contributed by atoms with E-state index in [9.17, 15) is 5.11 Å². The van der Waals surface area contributed by atoms with Crippen molar-refractivity contribution in [1.82, 2.24) is 0 Å². The van der Waals surface area contributed by atoms with Crippen LogP contribution in [0.1, 0.15) is 26.2 Å². The van der Waals surface area contributed by atoms with Gasteiger partial charge >= 0.3 is 0 Å². The largest absolute Gasteiger partial charge is 0.355 e. The van der Waals surface area contributed by atoms with Gasteiger partial charge in [-0.05, 0) is 6.42 Å². The van der Waals surface area contributed by atoms with Crippen molar-refractivity contribution in [2.75, 3.05) is 20.2 Å². The van der Waals surface area contributed by atoms with Crippen LogP contribution >= 0.6 is 0 Å². The molecule has 0 rings (SSSR count). The van der Waals surface area contributed by atoms with E-state index in [0.717, 1.165) is 6.42 Å². The summed E-state index contributed by atoms with van der Waals surface area (Å²) in [6.45, 7) is 2.48. The maximum Gasteiger partial charge on any atom is 0.183 e. The molecule has 0 saturated heterocycles. The third-order valence-corrected chi connectivity index (χ3v) is 1.14. The van der Waals surface area contributed by atoms with Gasteiger partial charge in [0.25, 0.3) is 0 Å². The Balaban J connectivity index is 2.65. The molecule has 0 amide bonds. The first-order valence-corrected chi connectivity index (χ1v) is 3.65. The lowest BCUT2D eigenvalue weighted by molar-refractivity contribution is -0.129. The molecular formula is C7H15O3. The van der Waals surface area contributed by atoms with Crippen molar-refractivity contribution < 1.29 is 14.6 Å². The number of unbranched alkanes of at least 4 members (excludes halogenated alkanes) is 2. The van der Waals surface area contributed by atoms with Gasteiger partial charge in [-0.15, -0.1) is 0 Å². The molecule has 3 heteroatoms. The van der Waals surface area contributed by atoms with Crippen LogP contribution in [0.2, 0.25) is 0 Å². The lowest BCUT2D eigenvalue weighted by Crippen LogP contribution is -2.01. The maximum absolute atomic E-state index is 9.72. The van der Waals surface area contributed by atoms with Crippen molar-refractivity contribution >= 4 is 0 Å². The Hall–Kier alpha value is -0.120. The number of ether oxygens (including phenoxy) is 2. The van der Waals surface area contributed by atoms with Crippen LogP contribution in [0, 0.1) is 0 Å². The van der Waals surface area contributed by atoms with E-state index in [4.69, 9.17) is 4.74 Å². The van der Waals surface area contributed by atoms with E-state index in [1.54, 1.807) is 0 Å². The van der Waals surface area contributed by atoms with Gasteiger partial charge in [-0.1, -0.05) is 19.8 Å². The maximum atomic E-state index is 9.72. The van der Waals surface area contributed by atoms with E-state index >= 15 is 0 Å². The van der Waals surface area contributed by atoms with Gasteiger partial charge in [0.05, 0.1) is 0 Å². The molecule has 0 aromatic heterocycles. The van der Waals surface area contributed by atoms with E-state index in [0.29, 0.717) is 6.61 Å². The number of hydrogen-bond acceptors (Lipinski definition) is 2. The molecule has 1 radical (unpaired) electrons. The first-order valence-electron chi connectivity index (χ1n) is 3.65. The lowest BCUT2D eigenvalue weighted by Gasteiger charge is -2.00. The van der Waals surface area contributed by atoms with Gasteiger partial charge in [-0.3, -0.25) is 0 Å². The summed E-state index contributed by atoms with van der Waals surface area (Å²) >= 11 is 0. The molecule has 0 aliphatic heterocycles. The molecule has 0 aromatic rings. The fraction of sp³-hybridized carbons (Fsp3) is 1.00. The Morgan fingerprint density at radius 3 is 2.60 bits per heavy atom. The van der Waals surface area contributed by atoms with Crippen LogP contribution in [0.3, 0.4) is 0 Å². The summed E-state index contributed by atoms with van der Waals surface area (Å²) < 4.78 is 9.39. The predicted molar refractivity (Wildman–Crippen MR) is 37.0 cm³/mol. The zero-order valence-corrected chi connectivity index (χ0v) is 6.47. The molecule has 0 atom stereocenters. The van der Waals surface area contributed by atoms with Gasteiger partial charge in [0.2, 0.25) is 0 Å². The summed E-state index contributed by atoms with van der Waals surface area (Å²) in [5.41, 5.74) is 0. The molecule has 0 bridgehead atoms. The molecule has 0 aliphatic rings. The molecule has 0 heterocycles. The van der Waals surface area contributed by atoms with E-state index in [1.807, 2.05) is 0 Å². The van der Waals surface area contributed by atoms with Crippen LogP contribution in [-0.2, 0) is 14.6 Å². The molecule has 0 unspecified atom stereocenters. The Labute approximate surface area is 62.0 Å². The number of rotatable bonds is 7. The highest BCUT2D eigenvalue weighted by molar-refractivity contribution is 4.33. The first kappa shape index (κ1) is 9.88. The minimum absolute atomic E-state index is 0.146. The molecule has 0 fully saturated rings. The minimum atomic E-state index is -0.506. The Bertz CT molecular complexity index is 48.8. The van der Waals surface area contributed by atoms with E-state index < -0.39 is 6.79 Å². The highest BCUT2D eigenvalue weighted by Crippen LogP contribution is 1.93. The van der Waals surface area contributed by atoms with Crippen LogP contribution in [-0.4, -0.2) is 20.2 Å². The van der Waals surface area contributed by atoms with Crippen LogP contribution in [0.15, 0.2) is 0 Å². The molecule has 0 aromatic carbocycles. The van der Waals surface area contributed by atoms with Crippen LogP contribution in [0.4, 0.5) is 0 Å². The number of hydrogen-bond donors (Lipinski definition) is 0. The van der Waals surface area contributed by atoms with Crippen LogP contribution in [0.25, 0.3) is 0 Å². The van der Waals surface area contributed by atoms with Crippen molar-refractivity contribution in [3.8, 4) is 0 Å². The fourth-order valence-electron chi connectivity index (χ4n) is 0.606. The van der Waals surface area contributed by atoms with Gasteiger partial charge in [0.15, 0.2) is 6.79 Å². The summed E-state index contributed by atoms with van der Waals surface area (Å²) in [4.78, 5) is 0. The molecule has 0 aliphatic carbocycles. The highest BCUT2D eigenvalue weighted by atomic mass is 16.7. The molecule has 3 nitrogen and oxygen atoms in total. The minimum Gasteiger partial charge on any atom is -0.355 e. The molecular weight excluding hydrogens is 132 g/mol. The smallest absolute Gasteiger partial charge is 0.183 e. The van der Waals surface area contributed by atoms with Gasteiger partial charge in [0.1, 0.15) is 6.79 Å². The molecule has 10 heavy (non-hydrogen) atoms. The van der Waals surface area contributed by atoms with Crippen molar-refractivity contribution in [3.05, 3.63) is 0 Å². The average molecular weight is 147 g/mol. The predicted octanol–water partition coefficient (Wildman–Crippen LogP) is 1.56. The van der Waals surface area contributed by atoms with Crippen molar-refractivity contribution in [2.45, 2.75) is 26.2 Å². The SMILES string of the molecule is CCCCCOCOC[O]. The van der Waals surface area contributed by atoms with E-state index in [1.165, 1.54) is 12.8 Å². The quantitative estimate of drug-likeness (QED) is 0.405. The van der Waals surface area contributed by atoms with Crippen LogP contribution in [0.5, 0.6) is 0 Å². The topological polar surface area (TPSA) is 38.4 Å². The molecule has 61 valence electrons. The summed E-state index contributed by atoms with van der Waals surface area (Å²) in [5.74, 6) is 0. The molecule has 0 spiro atoms. The lowest BCUT2D eigenvalue weighted by atomic mass is 10.3. The zero-order valence-electron chi connectivity index (χ0n) is 6.47. The van der Waals surface area contributed by atoms with Crippen LogP contribution < -0.4 is 0 Å². The second kappa shape index (κ2) is 8.88. The second-order valence-corrected chi connectivity index (χ2v) is 2.06. The van der Waals surface area contributed by atoms with Crippen molar-refractivity contribution in [3.63, 3.8) is 0 Å². The Morgan fingerprint density at radius 2 is 2.00 bits per heavy atom. The first-order chi connectivity index (χ1) is 4.91. The van der Waals surface area contributed by atoms with Gasteiger partial charge < -0.3 is 9.47 Å². The van der Waals surface area contributed by atoms with Crippen molar-refractivity contribution in [2.24, 2.45) is 0 Å². The van der Waals surface area contributed by atoms with E-state index in [-0.39, 0.29) is 6.79 Å². The Kier molecular flexibility index (Phi) is 8.77. The summed E-state index contributed by atoms with van der Waals surface area (Å²) in [6, 6.07) is 0. The van der Waals surface area contributed by atoms with Gasteiger partial charge in [-0.25, -0.2) is 5.11 Å². The van der Waals surface area contributed by atoms with Crippen molar-refractivity contribution in [1.29, 1.82) is 0 Å². The third kappa shape index (κ3) is 7.88. The normalized spacial score (nSPS) is 10.2. The third-order valence-electron chi connectivity index (χ3n) is 1.14. The fourth-order valence-corrected chi connectivity index (χ4v) is 0.606. The van der Waals surface area contributed by atoms with E-state index in [2.05, 4.69) is 11.7 Å². The zero-order chi connectivity index (χ0) is 7.66. The monoisotopic (exact) mass is 147 g/mol. The summed E-state index contributed by atoms with van der Waals surface area (Å²) in [5, 5.41) is 9.72. The van der Waals surface area contributed by atoms with Gasteiger partial charge in [0, 0.05) is 6.61 Å². The average Bonchev–Trinajstić information content (AvgIpc) is 1.97. The standard InChI is InChI=1S/C7H15O3/c1-2-3-4-5-9-7-10-6-8/h2-7H2,1H3. The second-order valence-electron chi connectivity index (χ2n) is 2.06. The molecule has 0 N–H and O–H groups in total. The summed E-state index contributed by atoms with van der Waals surface area (Å²) in [6.07, 6.45) is 3.42. The molecule has 0 saturated carbocycles. The highest BCUT2D eigenvalue weighted by Gasteiger charge is 1.86. The Morgan fingerprint density at radius 1 is 1.20 bits per heavy atom. The van der Waals surface area contributed by atoms with Gasteiger partial charge in [-0.2, -0.15) is 0 Å².